The van der Waals surface area contributed by atoms with Crippen molar-refractivity contribution < 1.29 is 61.8 Å². The van der Waals surface area contributed by atoms with Crippen LogP contribution in [0.4, 0.5) is 0 Å². The summed E-state index contributed by atoms with van der Waals surface area (Å²) in [6.07, 6.45) is -10.9. The number of azide groups is 1. The summed E-state index contributed by atoms with van der Waals surface area (Å²) < 4.78 is 62.1. The van der Waals surface area contributed by atoms with Gasteiger partial charge in [-0.25, -0.2) is 4.79 Å². The van der Waals surface area contributed by atoms with E-state index in [2.05, 4.69) is 10.0 Å². The first kappa shape index (κ1) is 42.9. The van der Waals surface area contributed by atoms with Crippen molar-refractivity contribution in [3.8, 4) is 0 Å². The maximum absolute atomic E-state index is 13.5. The van der Waals surface area contributed by atoms with Crippen molar-refractivity contribution in [2.24, 2.45) is 5.11 Å². The second-order valence-corrected chi connectivity index (χ2v) is 14.6. The molecule has 16 heteroatoms. The van der Waals surface area contributed by atoms with Crippen LogP contribution in [0.3, 0.4) is 0 Å². The van der Waals surface area contributed by atoms with E-state index in [4.69, 9.17) is 47.4 Å². The molecule has 3 aromatic rings. The number of Topliss-reactive ketones (excluding diaryl/α,β-unsaturated/α-hetero) is 1. The lowest BCUT2D eigenvalue weighted by Crippen LogP contribution is -2.65. The predicted molar refractivity (Wildman–Crippen MR) is 203 cm³/mol. The molecule has 0 N–H and O–H groups in total. The Kier molecular flexibility index (Phi) is 15.0. The molecule has 0 aliphatic carbocycles. The van der Waals surface area contributed by atoms with Crippen LogP contribution in [-0.4, -0.2) is 98.6 Å². The normalized spacial score (nSPS) is 28.8. The largest absolute Gasteiger partial charge is 0.467 e. The van der Waals surface area contributed by atoms with E-state index < -0.39 is 79.1 Å². The van der Waals surface area contributed by atoms with E-state index in [1.54, 1.807) is 13.8 Å². The Morgan fingerprint density at radius 2 is 1.34 bits per heavy atom. The molecule has 0 aromatic heterocycles. The third-order valence-electron chi connectivity index (χ3n) is 9.75. The Balaban J connectivity index is 1.37. The first-order valence-corrected chi connectivity index (χ1v) is 19.1. The first-order valence-electron chi connectivity index (χ1n) is 19.1. The summed E-state index contributed by atoms with van der Waals surface area (Å²) in [4.78, 5) is 41.7. The van der Waals surface area contributed by atoms with Crippen molar-refractivity contribution in [3.63, 3.8) is 0 Å². The number of ketones is 1. The topological polar surface area (TPSA) is 192 Å². The van der Waals surface area contributed by atoms with Gasteiger partial charge in [-0.2, -0.15) is 0 Å². The summed E-state index contributed by atoms with van der Waals surface area (Å²) in [7, 11) is 1.21. The van der Waals surface area contributed by atoms with Gasteiger partial charge in [0.2, 0.25) is 0 Å². The van der Waals surface area contributed by atoms with Crippen LogP contribution >= 0.6 is 0 Å². The number of esters is 2. The third kappa shape index (κ3) is 11.3. The zero-order valence-corrected chi connectivity index (χ0v) is 32.8. The number of carbonyl (C=O) groups is 3. The molecule has 0 radical (unpaired) electrons. The van der Waals surface area contributed by atoms with E-state index in [1.165, 1.54) is 14.0 Å². The van der Waals surface area contributed by atoms with Gasteiger partial charge in [0, 0.05) is 11.3 Å². The van der Waals surface area contributed by atoms with Gasteiger partial charge >= 0.3 is 11.9 Å². The number of ether oxygens (including phenoxy) is 10. The van der Waals surface area contributed by atoms with Gasteiger partial charge in [0.05, 0.1) is 40.0 Å². The molecule has 0 saturated carbocycles. The van der Waals surface area contributed by atoms with Crippen LogP contribution in [0.2, 0.25) is 0 Å². The molecule has 0 bridgehead atoms. The molecule has 16 nitrogen and oxygen atoms in total. The predicted octanol–water partition coefficient (Wildman–Crippen LogP) is 5.49. The van der Waals surface area contributed by atoms with Crippen LogP contribution in [0.25, 0.3) is 10.4 Å². The number of hydrogen-bond acceptors (Lipinski definition) is 14. The molecule has 310 valence electrons. The van der Waals surface area contributed by atoms with Crippen molar-refractivity contribution in [1.29, 1.82) is 0 Å². The molecular formula is C42H49N3O13. The van der Waals surface area contributed by atoms with Crippen LogP contribution in [-0.2, 0) is 81.6 Å². The number of rotatable bonds is 18. The van der Waals surface area contributed by atoms with Gasteiger partial charge in [-0.3, -0.25) is 4.79 Å². The molecule has 0 unspecified atom stereocenters. The minimum Gasteiger partial charge on any atom is -0.467 e. The van der Waals surface area contributed by atoms with Gasteiger partial charge in [0.1, 0.15) is 42.3 Å². The lowest BCUT2D eigenvalue weighted by Gasteiger charge is -2.47. The quantitative estimate of drug-likeness (QED) is 0.0679. The zero-order chi connectivity index (χ0) is 41.1. The van der Waals surface area contributed by atoms with Crippen molar-refractivity contribution in [2.45, 2.75) is 121 Å². The standard InChI is InChI=1S/C42H49N3O13/c1-26(46)20-21-31(47)54-33-30(25-50-22-27-14-8-5-9-15-27)53-40(32(44-45-43)34(33)51-23-28-16-10-6-11-17-28)55-36-35(52-24-29-18-12-7-13-19-29)38-41(58-42(2,3)57-38)56-37(36)39(48)49-4/h5-19,30,32-38,40-41H,20-25H2,1-4H3/t30-,32-,33-,34-,35+,36+,37-,38-,40-,41-/m1/s1. The van der Waals surface area contributed by atoms with Crippen molar-refractivity contribution in [1.82, 2.24) is 0 Å². The van der Waals surface area contributed by atoms with Gasteiger partial charge in [-0.05, 0) is 43.0 Å². The highest BCUT2D eigenvalue weighted by Crippen LogP contribution is 2.41. The summed E-state index contributed by atoms with van der Waals surface area (Å²) in [6.45, 7) is 4.94. The molecule has 3 aliphatic heterocycles. The first-order chi connectivity index (χ1) is 28.0. The molecule has 3 fully saturated rings. The summed E-state index contributed by atoms with van der Waals surface area (Å²) in [5.41, 5.74) is 12.5. The van der Waals surface area contributed by atoms with Gasteiger partial charge in [-0.1, -0.05) is 96.1 Å². The van der Waals surface area contributed by atoms with Gasteiger partial charge in [0.25, 0.3) is 0 Å². The molecular weight excluding hydrogens is 754 g/mol. The maximum atomic E-state index is 13.5. The van der Waals surface area contributed by atoms with Gasteiger partial charge < -0.3 is 52.2 Å². The molecule has 0 amide bonds. The fourth-order valence-corrected chi connectivity index (χ4v) is 7.01. The maximum Gasteiger partial charge on any atom is 0.337 e. The summed E-state index contributed by atoms with van der Waals surface area (Å²) in [5, 5.41) is 4.08. The highest BCUT2D eigenvalue weighted by molar-refractivity contribution is 5.81. The number of benzene rings is 3. The van der Waals surface area contributed by atoms with E-state index >= 15 is 0 Å². The Morgan fingerprint density at radius 1 is 0.759 bits per heavy atom. The number of hydrogen-bond donors (Lipinski definition) is 0. The molecule has 3 aliphatic rings. The molecule has 10 atom stereocenters. The molecule has 0 spiro atoms. The Labute approximate surface area is 336 Å². The third-order valence-corrected chi connectivity index (χ3v) is 9.75. The summed E-state index contributed by atoms with van der Waals surface area (Å²) in [5.74, 6) is -2.81. The van der Waals surface area contributed by atoms with Crippen LogP contribution in [0.1, 0.15) is 50.3 Å². The number of fused-ring (bicyclic) bond motifs is 1. The molecule has 58 heavy (non-hydrogen) atoms. The zero-order valence-electron chi connectivity index (χ0n) is 32.8. The molecule has 3 heterocycles. The lowest BCUT2D eigenvalue weighted by molar-refractivity contribution is -0.331. The SMILES string of the molecule is COC(=O)[C@@H]1O[C@@H]2OC(C)(C)O[C@@H]2[C@@H](OCc2ccccc2)[C@@H]1O[C@H]1O[C@H](COCc2ccccc2)[C@@H](OC(=O)CCC(C)=O)[C@H](OCc2ccccc2)[C@H]1N=[N+]=[N-]. The highest BCUT2D eigenvalue weighted by atomic mass is 16.8. The van der Waals surface area contributed by atoms with E-state index in [-0.39, 0.29) is 45.1 Å². The lowest BCUT2D eigenvalue weighted by atomic mass is 9.95. The number of nitrogens with zero attached hydrogens (tertiary/aromatic N) is 3. The Bertz CT molecular complexity index is 1850. The number of methoxy groups -OCH3 is 1. The van der Waals surface area contributed by atoms with E-state index in [0.717, 1.165) is 16.7 Å². The highest BCUT2D eigenvalue weighted by Gasteiger charge is 2.60. The summed E-state index contributed by atoms with van der Waals surface area (Å²) >= 11 is 0. The average molecular weight is 804 g/mol. The average Bonchev–Trinajstić information content (AvgIpc) is 3.54. The fourth-order valence-electron chi connectivity index (χ4n) is 7.01. The van der Waals surface area contributed by atoms with Crippen molar-refractivity contribution in [3.05, 3.63) is 118 Å². The number of carbonyl (C=O) groups excluding carboxylic acids is 3. The van der Waals surface area contributed by atoms with Gasteiger partial charge in [0.15, 0.2) is 30.6 Å². The molecule has 3 saturated heterocycles. The van der Waals surface area contributed by atoms with Crippen molar-refractivity contribution in [2.75, 3.05) is 13.7 Å². The monoisotopic (exact) mass is 803 g/mol. The Morgan fingerprint density at radius 3 is 1.91 bits per heavy atom. The van der Waals surface area contributed by atoms with Gasteiger partial charge in [-0.15, -0.1) is 0 Å². The van der Waals surface area contributed by atoms with E-state index in [9.17, 15) is 19.9 Å². The van der Waals surface area contributed by atoms with Crippen LogP contribution in [0, 0.1) is 0 Å². The van der Waals surface area contributed by atoms with Crippen LogP contribution in [0.15, 0.2) is 96.1 Å². The fraction of sp³-hybridized carbons (Fsp3) is 0.500. The second-order valence-electron chi connectivity index (χ2n) is 14.6. The van der Waals surface area contributed by atoms with E-state index in [1.807, 2.05) is 91.0 Å². The van der Waals surface area contributed by atoms with Crippen LogP contribution in [0.5, 0.6) is 0 Å². The minimum absolute atomic E-state index is 0.0128. The minimum atomic E-state index is -1.47. The summed E-state index contributed by atoms with van der Waals surface area (Å²) in [6, 6.07) is 26.7. The van der Waals surface area contributed by atoms with Crippen LogP contribution < -0.4 is 0 Å². The Hall–Kier alpha value is -4.74. The molecule has 3 aromatic carbocycles. The second kappa shape index (κ2) is 20.3. The molecule has 6 rings (SSSR count). The van der Waals surface area contributed by atoms with Crippen molar-refractivity contribution >= 4 is 17.7 Å². The van der Waals surface area contributed by atoms with E-state index in [0.29, 0.717) is 0 Å². The smallest absolute Gasteiger partial charge is 0.337 e.